The average Bonchev–Trinajstić information content (AvgIpc) is 2.72. The Kier molecular flexibility index (Phi) is 6.32. The Hall–Kier alpha value is -3.08. The standard InChI is InChI=1S/C26H18F8/c1-13-2-4-14(5-3-13)15-9-20(28)23(21(29)10-15)16-8-17-11-19(27)18(6-7-26(32,33)34)25(31)24(17)22(30)12-16/h8-14H,2-5H2,1H3. The molecule has 0 unspecified atom stereocenters. The Bertz CT molecular complexity index is 1300. The molecule has 1 saturated carbocycles. The summed E-state index contributed by atoms with van der Waals surface area (Å²) in [6.45, 7) is 2.12. The van der Waals surface area contributed by atoms with Gasteiger partial charge in [-0.15, -0.1) is 0 Å². The molecule has 1 aliphatic carbocycles. The van der Waals surface area contributed by atoms with Crippen LogP contribution >= 0.6 is 0 Å². The maximum atomic E-state index is 15.0. The van der Waals surface area contributed by atoms with E-state index in [1.54, 1.807) is 0 Å². The maximum Gasteiger partial charge on any atom is 0.458 e. The lowest BCUT2D eigenvalue weighted by molar-refractivity contribution is -0.0696. The van der Waals surface area contributed by atoms with Crippen LogP contribution in [-0.2, 0) is 0 Å². The van der Waals surface area contributed by atoms with E-state index in [1.165, 1.54) is 18.1 Å². The van der Waals surface area contributed by atoms with Crippen molar-refractivity contribution >= 4 is 10.8 Å². The minimum atomic E-state index is -5.01. The van der Waals surface area contributed by atoms with Crippen LogP contribution in [0.1, 0.15) is 49.7 Å². The molecular formula is C26H18F8. The first-order valence-corrected chi connectivity index (χ1v) is 10.6. The molecule has 3 aromatic carbocycles. The largest absolute Gasteiger partial charge is 0.458 e. The van der Waals surface area contributed by atoms with E-state index in [9.17, 15) is 35.1 Å². The molecule has 34 heavy (non-hydrogen) atoms. The monoisotopic (exact) mass is 482 g/mol. The van der Waals surface area contributed by atoms with Crippen LogP contribution in [0.25, 0.3) is 21.9 Å². The fourth-order valence-electron chi connectivity index (χ4n) is 4.50. The van der Waals surface area contributed by atoms with Crippen molar-refractivity contribution in [3.8, 4) is 23.0 Å². The predicted octanol–water partition coefficient (Wildman–Crippen LogP) is 8.41. The summed E-state index contributed by atoms with van der Waals surface area (Å²) in [7, 11) is 0. The molecule has 0 nitrogen and oxygen atoms in total. The van der Waals surface area contributed by atoms with Gasteiger partial charge in [0, 0.05) is 5.92 Å². The summed E-state index contributed by atoms with van der Waals surface area (Å²) < 4.78 is 111. The second kappa shape index (κ2) is 8.94. The molecule has 8 heteroatoms. The second-order valence-electron chi connectivity index (χ2n) is 8.67. The summed E-state index contributed by atoms with van der Waals surface area (Å²) in [6.07, 6.45) is -1.53. The molecule has 4 rings (SSSR count). The highest BCUT2D eigenvalue weighted by atomic mass is 19.4. The lowest BCUT2D eigenvalue weighted by atomic mass is 9.79. The van der Waals surface area contributed by atoms with Gasteiger partial charge in [-0.2, -0.15) is 13.2 Å². The summed E-state index contributed by atoms with van der Waals surface area (Å²) in [5.41, 5.74) is -1.61. The Morgan fingerprint density at radius 2 is 1.38 bits per heavy atom. The number of halogens is 8. The molecule has 1 fully saturated rings. The number of alkyl halides is 3. The third-order valence-corrected chi connectivity index (χ3v) is 6.25. The first-order valence-electron chi connectivity index (χ1n) is 10.6. The van der Waals surface area contributed by atoms with E-state index >= 15 is 0 Å². The summed E-state index contributed by atoms with van der Waals surface area (Å²) in [6, 6.07) is 4.61. The van der Waals surface area contributed by atoms with E-state index in [2.05, 4.69) is 6.92 Å². The molecule has 0 amide bonds. The summed E-state index contributed by atoms with van der Waals surface area (Å²) in [5, 5.41) is -1.24. The van der Waals surface area contributed by atoms with Crippen molar-refractivity contribution in [2.24, 2.45) is 5.92 Å². The molecule has 0 spiro atoms. The van der Waals surface area contributed by atoms with Crippen molar-refractivity contribution in [3.05, 3.63) is 70.5 Å². The molecule has 0 heterocycles. The van der Waals surface area contributed by atoms with Gasteiger partial charge >= 0.3 is 6.18 Å². The second-order valence-corrected chi connectivity index (χ2v) is 8.67. The smallest absolute Gasteiger partial charge is 0.206 e. The van der Waals surface area contributed by atoms with Crippen LogP contribution in [0.4, 0.5) is 35.1 Å². The molecule has 0 N–H and O–H groups in total. The molecule has 0 aliphatic heterocycles. The zero-order chi connectivity index (χ0) is 24.8. The molecule has 0 aromatic heterocycles. The van der Waals surface area contributed by atoms with Crippen molar-refractivity contribution in [3.63, 3.8) is 0 Å². The van der Waals surface area contributed by atoms with Crippen LogP contribution in [0, 0.1) is 46.8 Å². The van der Waals surface area contributed by atoms with Gasteiger partial charge in [-0.3, -0.25) is 0 Å². The van der Waals surface area contributed by atoms with E-state index in [1.807, 2.05) is 0 Å². The molecule has 0 bridgehead atoms. The van der Waals surface area contributed by atoms with Gasteiger partial charge in [0.05, 0.1) is 16.5 Å². The predicted molar refractivity (Wildman–Crippen MR) is 112 cm³/mol. The van der Waals surface area contributed by atoms with Crippen molar-refractivity contribution in [2.75, 3.05) is 0 Å². The molecule has 0 atom stereocenters. The Morgan fingerprint density at radius 3 is 1.97 bits per heavy atom. The normalized spacial score (nSPS) is 18.6. The maximum absolute atomic E-state index is 15.0. The fourth-order valence-corrected chi connectivity index (χ4v) is 4.50. The third-order valence-electron chi connectivity index (χ3n) is 6.25. The van der Waals surface area contributed by atoms with Crippen LogP contribution in [0.15, 0.2) is 30.3 Å². The topological polar surface area (TPSA) is 0 Å². The van der Waals surface area contributed by atoms with E-state index in [4.69, 9.17) is 0 Å². The highest BCUT2D eigenvalue weighted by Crippen LogP contribution is 2.39. The number of hydrogen-bond donors (Lipinski definition) is 0. The van der Waals surface area contributed by atoms with E-state index in [0.29, 0.717) is 23.6 Å². The first-order chi connectivity index (χ1) is 15.9. The van der Waals surface area contributed by atoms with Gasteiger partial charge in [-0.05, 0) is 71.5 Å². The Labute approximate surface area is 190 Å². The van der Waals surface area contributed by atoms with Crippen molar-refractivity contribution in [1.29, 1.82) is 0 Å². The number of fused-ring (bicyclic) bond motifs is 1. The van der Waals surface area contributed by atoms with Crippen LogP contribution < -0.4 is 0 Å². The minimum Gasteiger partial charge on any atom is -0.206 e. The quantitative estimate of drug-likeness (QED) is 0.254. The molecule has 0 saturated heterocycles. The number of hydrogen-bond acceptors (Lipinski definition) is 0. The zero-order valence-electron chi connectivity index (χ0n) is 17.9. The lowest BCUT2D eigenvalue weighted by Gasteiger charge is -2.26. The van der Waals surface area contributed by atoms with Gasteiger partial charge in [0.2, 0.25) is 0 Å². The summed E-state index contributed by atoms with van der Waals surface area (Å²) in [4.78, 5) is 0. The highest BCUT2D eigenvalue weighted by Gasteiger charge is 2.26. The van der Waals surface area contributed by atoms with E-state index in [0.717, 1.165) is 37.7 Å². The van der Waals surface area contributed by atoms with Crippen LogP contribution in [0.3, 0.4) is 0 Å². The molecule has 178 valence electrons. The van der Waals surface area contributed by atoms with Crippen molar-refractivity contribution in [1.82, 2.24) is 0 Å². The highest BCUT2D eigenvalue weighted by molar-refractivity contribution is 5.90. The molecule has 0 radical (unpaired) electrons. The number of rotatable bonds is 2. The SMILES string of the molecule is CC1CCC(c2cc(F)c(-c3cc(F)c4c(F)c(C#CC(F)(F)F)c(F)cc4c3)c(F)c2)CC1. The third kappa shape index (κ3) is 4.75. The van der Waals surface area contributed by atoms with Crippen LogP contribution in [0.2, 0.25) is 0 Å². The zero-order valence-corrected chi connectivity index (χ0v) is 17.9. The van der Waals surface area contributed by atoms with Gasteiger partial charge in [0.1, 0.15) is 23.3 Å². The Morgan fingerprint density at radius 1 is 0.765 bits per heavy atom. The average molecular weight is 482 g/mol. The van der Waals surface area contributed by atoms with Gasteiger partial charge in [-0.1, -0.05) is 25.7 Å². The van der Waals surface area contributed by atoms with E-state index < -0.39 is 57.2 Å². The van der Waals surface area contributed by atoms with Gasteiger partial charge < -0.3 is 0 Å². The minimum absolute atomic E-state index is 0.00186. The van der Waals surface area contributed by atoms with Crippen LogP contribution in [-0.4, -0.2) is 6.18 Å². The van der Waals surface area contributed by atoms with Crippen molar-refractivity contribution in [2.45, 2.75) is 44.7 Å². The summed E-state index contributed by atoms with van der Waals surface area (Å²) in [5.74, 6) is -3.66. The van der Waals surface area contributed by atoms with Crippen LogP contribution in [0.5, 0.6) is 0 Å². The summed E-state index contributed by atoms with van der Waals surface area (Å²) >= 11 is 0. The lowest BCUT2D eigenvalue weighted by Crippen LogP contribution is -2.11. The molecule has 1 aliphatic rings. The van der Waals surface area contributed by atoms with Gasteiger partial charge in [-0.25, -0.2) is 22.0 Å². The number of benzene rings is 3. The first kappa shape index (κ1) is 24.1. The van der Waals surface area contributed by atoms with E-state index in [-0.39, 0.29) is 11.5 Å². The molecular weight excluding hydrogens is 464 g/mol. The van der Waals surface area contributed by atoms with Gasteiger partial charge in [0.25, 0.3) is 0 Å². The Balaban J connectivity index is 1.79. The van der Waals surface area contributed by atoms with Gasteiger partial charge in [0.15, 0.2) is 5.82 Å². The fraction of sp³-hybridized carbons (Fsp3) is 0.308. The molecule has 3 aromatic rings. The van der Waals surface area contributed by atoms with Crippen molar-refractivity contribution < 1.29 is 35.1 Å².